The molecule has 2 aromatic heterocycles. The summed E-state index contributed by atoms with van der Waals surface area (Å²) < 4.78 is 11.4. The summed E-state index contributed by atoms with van der Waals surface area (Å²) in [6.07, 6.45) is 14.0. The molecule has 0 radical (unpaired) electrons. The number of aromatic nitrogens is 4. The second kappa shape index (κ2) is 21.8. The van der Waals surface area contributed by atoms with E-state index in [0.29, 0.717) is 32.5 Å². The molecule has 0 fully saturated rings. The Kier molecular flexibility index (Phi) is 16.9. The molecule has 60 heavy (non-hydrogen) atoms. The third-order valence-electron chi connectivity index (χ3n) is 12.4. The number of hydrogen-bond acceptors (Lipinski definition) is 8. The smallest absolute Gasteiger partial charge is 0.306 e. The maximum absolute atomic E-state index is 13.1. The zero-order valence-corrected chi connectivity index (χ0v) is 37.9. The fourth-order valence-corrected chi connectivity index (χ4v) is 8.59. The lowest BCUT2D eigenvalue weighted by atomic mass is 9.76. The Morgan fingerprint density at radius 2 is 1.38 bits per heavy atom. The first-order chi connectivity index (χ1) is 28.7. The van der Waals surface area contributed by atoms with Crippen molar-refractivity contribution in [1.29, 1.82) is 0 Å². The van der Waals surface area contributed by atoms with Crippen molar-refractivity contribution in [3.63, 3.8) is 0 Å². The van der Waals surface area contributed by atoms with Crippen LogP contribution < -0.4 is 10.7 Å². The second-order valence-electron chi connectivity index (χ2n) is 18.0. The number of ether oxygens (including phenoxy) is 2. The molecular formula is C50H72N6O4. The van der Waals surface area contributed by atoms with E-state index in [0.717, 1.165) is 126 Å². The van der Waals surface area contributed by atoms with Gasteiger partial charge in [-0.3, -0.25) is 19.6 Å². The van der Waals surface area contributed by atoms with E-state index in [4.69, 9.17) is 19.4 Å². The molecule has 0 amide bonds. The van der Waals surface area contributed by atoms with Gasteiger partial charge in [0, 0.05) is 63.8 Å². The minimum absolute atomic E-state index is 0.00320. The Balaban J connectivity index is 1.50. The van der Waals surface area contributed by atoms with Gasteiger partial charge in [0.05, 0.1) is 30.0 Å². The highest BCUT2D eigenvalue weighted by Gasteiger charge is 2.38. The van der Waals surface area contributed by atoms with Crippen molar-refractivity contribution in [3.05, 3.63) is 94.7 Å². The van der Waals surface area contributed by atoms with Crippen molar-refractivity contribution in [2.75, 3.05) is 54.5 Å². The standard InChI is InChI=1S/C50H72N6O4/c1-11-38-34(3)41-31-46-40(12-2)50(5,6)47(54-46)33-42-35(4)39(22-24-49(58)60-28-20-16-14-18-26-56(9)10)45(53-42)32-43-36(29-37(51-43)30-44(38)52-41)21-23-48(57)59-27-19-15-13-17-25-55(7)8/h11-12,29-33,35,38,40,51,53H,1-2,13-28H2,3-10H3. The summed E-state index contributed by atoms with van der Waals surface area (Å²) in [5.41, 5.74) is 8.56. The number of unbranched alkanes of at least 4 members (excludes halogenated alkanes) is 6. The highest BCUT2D eigenvalue weighted by Crippen LogP contribution is 2.43. The van der Waals surface area contributed by atoms with Crippen molar-refractivity contribution in [1.82, 2.24) is 29.7 Å². The van der Waals surface area contributed by atoms with Crippen LogP contribution >= 0.6 is 0 Å². The number of esters is 2. The van der Waals surface area contributed by atoms with Crippen LogP contribution in [0.15, 0.2) is 55.6 Å². The number of rotatable bonds is 22. The number of carbonyl (C=O) groups excluding carboxylic acids is 2. The highest BCUT2D eigenvalue weighted by molar-refractivity contribution is 5.74. The summed E-state index contributed by atoms with van der Waals surface area (Å²) in [7, 11) is 8.37. The fourth-order valence-electron chi connectivity index (χ4n) is 8.59. The molecular weight excluding hydrogens is 749 g/mol. The third kappa shape index (κ3) is 12.3. The van der Waals surface area contributed by atoms with E-state index < -0.39 is 0 Å². The normalized spacial score (nSPS) is 17.9. The van der Waals surface area contributed by atoms with Crippen LogP contribution in [0.5, 0.6) is 0 Å². The van der Waals surface area contributed by atoms with Gasteiger partial charge in [-0.05, 0) is 134 Å². The lowest BCUT2D eigenvalue weighted by Crippen LogP contribution is -2.21. The maximum atomic E-state index is 13.1. The number of hydrogen-bond donors (Lipinski definition) is 2. The SMILES string of the molecule is C=CC1C(C)=c2cc3nc(cc4[nH]c(cc5[nH]c(cc1n2)cc5CCC(=O)OCCCCCCN(C)C)=C(CCC(=O)OCCCCCCN(C)C)C4C)C(C)(C)C3C=C. The maximum Gasteiger partial charge on any atom is 0.306 e. The van der Waals surface area contributed by atoms with E-state index in [1.54, 1.807) is 0 Å². The zero-order valence-electron chi connectivity index (χ0n) is 37.9. The quantitative estimate of drug-likeness (QED) is 0.0692. The largest absolute Gasteiger partial charge is 0.466 e. The van der Waals surface area contributed by atoms with E-state index in [1.807, 2.05) is 12.2 Å². The molecule has 2 N–H and O–H groups in total. The van der Waals surface area contributed by atoms with Gasteiger partial charge in [0.25, 0.3) is 0 Å². The van der Waals surface area contributed by atoms with Gasteiger partial charge in [-0.1, -0.05) is 58.6 Å². The lowest BCUT2D eigenvalue weighted by molar-refractivity contribution is -0.144. The molecule has 3 aliphatic rings. The van der Waals surface area contributed by atoms with Gasteiger partial charge in [-0.2, -0.15) is 0 Å². The molecule has 10 nitrogen and oxygen atoms in total. The average Bonchev–Trinajstić information content (AvgIpc) is 3.87. The van der Waals surface area contributed by atoms with Crippen LogP contribution in [0.3, 0.4) is 0 Å². The Hall–Kier alpha value is -4.54. The van der Waals surface area contributed by atoms with E-state index in [2.05, 4.69) is 119 Å². The van der Waals surface area contributed by atoms with Gasteiger partial charge in [0.15, 0.2) is 0 Å². The summed E-state index contributed by atoms with van der Waals surface area (Å²) >= 11 is 0. The number of nitrogens with one attached hydrogen (secondary N) is 2. The fraction of sp³-hybridized carbons (Fsp3) is 0.560. The van der Waals surface area contributed by atoms with Gasteiger partial charge in [-0.15, -0.1) is 13.2 Å². The molecule has 8 bridgehead atoms. The van der Waals surface area contributed by atoms with E-state index in [9.17, 15) is 9.59 Å². The first-order valence-electron chi connectivity index (χ1n) is 22.3. The van der Waals surface area contributed by atoms with Gasteiger partial charge >= 0.3 is 11.9 Å². The van der Waals surface area contributed by atoms with Crippen LogP contribution in [0.1, 0.15) is 144 Å². The average molecular weight is 821 g/mol. The Morgan fingerprint density at radius 3 is 1.98 bits per heavy atom. The zero-order chi connectivity index (χ0) is 43.4. The third-order valence-corrected chi connectivity index (χ3v) is 12.4. The first kappa shape index (κ1) is 46.5. The number of aromatic amines is 2. The summed E-state index contributed by atoms with van der Waals surface area (Å²) in [5, 5.41) is 1.83. The molecule has 10 heteroatoms. The van der Waals surface area contributed by atoms with Gasteiger partial charge in [0.2, 0.25) is 0 Å². The predicted molar refractivity (Wildman–Crippen MR) is 245 cm³/mol. The van der Waals surface area contributed by atoms with Gasteiger partial charge in [0.1, 0.15) is 0 Å². The summed E-state index contributed by atoms with van der Waals surface area (Å²) in [6, 6.07) is 10.6. The number of nitrogens with zero attached hydrogens (tertiary/aromatic N) is 4. The van der Waals surface area contributed by atoms with E-state index >= 15 is 0 Å². The highest BCUT2D eigenvalue weighted by atomic mass is 16.5. The van der Waals surface area contributed by atoms with Crippen molar-refractivity contribution in [3.8, 4) is 0 Å². The van der Waals surface area contributed by atoms with E-state index in [1.165, 1.54) is 0 Å². The number of aryl methyl sites for hydroxylation is 1. The Labute approximate surface area is 359 Å². The molecule has 326 valence electrons. The number of fused-ring (bicyclic) bond motifs is 8. The first-order valence-corrected chi connectivity index (χ1v) is 22.3. The van der Waals surface area contributed by atoms with E-state index in [-0.39, 0.29) is 41.5 Å². The van der Waals surface area contributed by atoms with Crippen molar-refractivity contribution >= 4 is 34.1 Å². The Bertz CT molecular complexity index is 2160. The molecule has 0 saturated heterocycles. The molecule has 0 aliphatic carbocycles. The van der Waals surface area contributed by atoms with Crippen LogP contribution in [0.25, 0.3) is 22.2 Å². The van der Waals surface area contributed by atoms with Crippen molar-refractivity contribution < 1.29 is 19.1 Å². The topological polar surface area (TPSA) is 116 Å². The summed E-state index contributed by atoms with van der Waals surface area (Å²) in [5.74, 6) is -0.416. The molecule has 5 rings (SSSR count). The lowest BCUT2D eigenvalue weighted by Gasteiger charge is -2.24. The molecule has 3 aliphatic heterocycles. The number of carbonyl (C=O) groups is 2. The van der Waals surface area contributed by atoms with Crippen molar-refractivity contribution in [2.45, 2.75) is 128 Å². The van der Waals surface area contributed by atoms with Gasteiger partial charge < -0.3 is 29.2 Å². The minimum atomic E-state index is -0.315. The monoisotopic (exact) mass is 821 g/mol. The predicted octanol–water partition coefficient (Wildman–Crippen LogP) is 8.42. The minimum Gasteiger partial charge on any atom is -0.466 e. The van der Waals surface area contributed by atoms with Crippen molar-refractivity contribution in [2.24, 2.45) is 0 Å². The molecule has 3 atom stereocenters. The molecule has 0 saturated carbocycles. The van der Waals surface area contributed by atoms with Crippen LogP contribution in [0.4, 0.5) is 0 Å². The van der Waals surface area contributed by atoms with Gasteiger partial charge in [-0.25, -0.2) is 0 Å². The van der Waals surface area contributed by atoms with Crippen LogP contribution in [0, 0.1) is 0 Å². The molecule has 3 unspecified atom stereocenters. The Morgan fingerprint density at radius 1 is 0.767 bits per heavy atom. The second-order valence-corrected chi connectivity index (χ2v) is 18.0. The number of allylic oxidation sites excluding steroid dienone is 2. The molecule has 5 heterocycles. The van der Waals surface area contributed by atoms with Crippen LogP contribution in [-0.2, 0) is 30.9 Å². The number of H-pyrrole nitrogens is 2. The summed E-state index contributed by atoms with van der Waals surface area (Å²) in [6.45, 7) is 20.2. The molecule has 2 aromatic rings. The van der Waals surface area contributed by atoms with Crippen LogP contribution in [0.2, 0.25) is 0 Å². The van der Waals surface area contributed by atoms with Crippen LogP contribution in [-0.4, -0.2) is 96.2 Å². The molecule has 0 aromatic carbocycles. The summed E-state index contributed by atoms with van der Waals surface area (Å²) in [4.78, 5) is 48.4. The molecule has 0 spiro atoms.